The Bertz CT molecular complexity index is 875. The summed E-state index contributed by atoms with van der Waals surface area (Å²) in [6.07, 6.45) is 1.64. The molecule has 2 heterocycles. The van der Waals surface area contributed by atoms with Gasteiger partial charge in [0.2, 0.25) is 0 Å². The van der Waals surface area contributed by atoms with Crippen LogP contribution >= 0.6 is 0 Å². The van der Waals surface area contributed by atoms with Gasteiger partial charge in [-0.05, 0) is 45.4 Å². The molecule has 1 aliphatic rings. The van der Waals surface area contributed by atoms with Gasteiger partial charge in [-0.3, -0.25) is 9.69 Å². The van der Waals surface area contributed by atoms with E-state index in [1.54, 1.807) is 6.92 Å². The Hall–Kier alpha value is -2.67. The molecule has 150 valence electrons. The molecule has 0 unspecified atom stereocenters. The summed E-state index contributed by atoms with van der Waals surface area (Å²) in [5.41, 5.74) is 2.26. The molecular weight excluding hydrogens is 358 g/mol. The zero-order chi connectivity index (χ0) is 20.3. The van der Waals surface area contributed by atoms with Crippen molar-refractivity contribution in [3.63, 3.8) is 0 Å². The number of pyridine rings is 1. The van der Waals surface area contributed by atoms with Crippen molar-refractivity contribution in [3.8, 4) is 0 Å². The minimum atomic E-state index is -0.818. The van der Waals surface area contributed by atoms with Crippen LogP contribution in [-0.4, -0.2) is 66.3 Å². The topological polar surface area (TPSA) is 83.0 Å². The highest BCUT2D eigenvalue weighted by Gasteiger charge is 2.29. The van der Waals surface area contributed by atoms with E-state index < -0.39 is 5.97 Å². The number of para-hydroxylation sites is 1. The van der Waals surface area contributed by atoms with Crippen LogP contribution in [0, 0.1) is 6.92 Å². The fourth-order valence-corrected chi connectivity index (χ4v) is 3.90. The third-order valence-corrected chi connectivity index (χ3v) is 5.38. The number of fused-ring (bicyclic) bond motifs is 1. The molecule has 1 fully saturated rings. The van der Waals surface area contributed by atoms with Crippen LogP contribution in [0.5, 0.6) is 0 Å². The highest BCUT2D eigenvalue weighted by Crippen LogP contribution is 2.31. The second-order valence-corrected chi connectivity index (χ2v) is 7.20. The fraction of sp³-hybridized carbons (Fsp3) is 0.476. The number of piperidine rings is 1. The molecule has 0 saturated carbocycles. The molecule has 0 aliphatic carbocycles. The molecule has 0 atom stereocenters. The third-order valence-electron chi connectivity index (χ3n) is 5.38. The number of aromatic nitrogens is 1. The predicted molar refractivity (Wildman–Crippen MR) is 108 cm³/mol. The van der Waals surface area contributed by atoms with Crippen molar-refractivity contribution in [2.45, 2.75) is 32.7 Å². The van der Waals surface area contributed by atoms with Gasteiger partial charge in [-0.25, -0.2) is 9.78 Å². The minimum absolute atomic E-state index is 0.0338. The third kappa shape index (κ3) is 4.09. The number of aryl methyl sites for hydroxylation is 1. The summed E-state index contributed by atoms with van der Waals surface area (Å²) in [5, 5.41) is 9.96. The minimum Gasteiger partial charge on any atom is -0.480 e. The van der Waals surface area contributed by atoms with Crippen molar-refractivity contribution in [1.82, 2.24) is 9.88 Å². The smallest absolute Gasteiger partial charge is 0.342 e. The van der Waals surface area contributed by atoms with Crippen LogP contribution in [0.25, 0.3) is 10.9 Å². The molecule has 28 heavy (non-hydrogen) atoms. The van der Waals surface area contributed by atoms with Gasteiger partial charge in [-0.2, -0.15) is 0 Å². The molecule has 0 bridgehead atoms. The van der Waals surface area contributed by atoms with Gasteiger partial charge in [0.1, 0.15) is 11.4 Å². The van der Waals surface area contributed by atoms with Crippen LogP contribution in [0.2, 0.25) is 0 Å². The fourth-order valence-electron chi connectivity index (χ4n) is 3.90. The summed E-state index contributed by atoms with van der Waals surface area (Å²) < 4.78 is 5.31. The highest BCUT2D eigenvalue weighted by molar-refractivity contribution is 6.02. The maximum Gasteiger partial charge on any atom is 0.342 e. The Kier molecular flexibility index (Phi) is 6.14. The summed E-state index contributed by atoms with van der Waals surface area (Å²) >= 11 is 0. The number of anilines is 1. The van der Waals surface area contributed by atoms with Crippen molar-refractivity contribution in [2.75, 3.05) is 38.2 Å². The van der Waals surface area contributed by atoms with Gasteiger partial charge in [0.05, 0.1) is 18.7 Å². The Morgan fingerprint density at radius 2 is 1.96 bits per heavy atom. The first kappa shape index (κ1) is 20.1. The monoisotopic (exact) mass is 385 g/mol. The number of esters is 1. The van der Waals surface area contributed by atoms with Gasteiger partial charge in [0.25, 0.3) is 0 Å². The SMILES string of the molecule is CCOC(=O)c1c(N2CCC(N(C)CC(=O)O)CC2)nc2ccccc2c1C. The Morgan fingerprint density at radius 1 is 1.29 bits per heavy atom. The van der Waals surface area contributed by atoms with Crippen molar-refractivity contribution >= 4 is 28.7 Å². The van der Waals surface area contributed by atoms with Gasteiger partial charge in [-0.15, -0.1) is 0 Å². The second-order valence-electron chi connectivity index (χ2n) is 7.20. The van der Waals surface area contributed by atoms with Gasteiger partial charge < -0.3 is 14.7 Å². The lowest BCUT2D eigenvalue weighted by atomic mass is 10.00. The van der Waals surface area contributed by atoms with E-state index >= 15 is 0 Å². The molecule has 3 rings (SSSR count). The van der Waals surface area contributed by atoms with Gasteiger partial charge >= 0.3 is 11.9 Å². The van der Waals surface area contributed by atoms with E-state index in [1.165, 1.54) is 0 Å². The molecule has 1 N–H and O–H groups in total. The second kappa shape index (κ2) is 8.56. The first-order chi connectivity index (χ1) is 13.4. The van der Waals surface area contributed by atoms with Gasteiger partial charge in [0.15, 0.2) is 0 Å². The quantitative estimate of drug-likeness (QED) is 0.766. The molecule has 1 aromatic carbocycles. The Balaban J connectivity index is 1.91. The standard InChI is InChI=1S/C21H27N3O4/c1-4-28-21(27)19-14(2)16-7-5-6-8-17(16)22-20(19)24-11-9-15(10-12-24)23(3)13-18(25)26/h5-8,15H,4,9-13H2,1-3H3,(H,25,26). The van der Waals surface area contributed by atoms with Crippen LogP contribution in [0.15, 0.2) is 24.3 Å². The van der Waals surface area contributed by atoms with Crippen molar-refractivity contribution in [3.05, 3.63) is 35.4 Å². The van der Waals surface area contributed by atoms with E-state index in [9.17, 15) is 9.59 Å². The average Bonchev–Trinajstić information content (AvgIpc) is 2.67. The summed E-state index contributed by atoms with van der Waals surface area (Å²) in [6, 6.07) is 8.01. The number of benzene rings is 1. The molecule has 0 radical (unpaired) electrons. The van der Waals surface area contributed by atoms with Crippen LogP contribution in [-0.2, 0) is 9.53 Å². The van der Waals surface area contributed by atoms with Crippen LogP contribution in [0.3, 0.4) is 0 Å². The normalized spacial score (nSPS) is 15.2. The number of hydrogen-bond donors (Lipinski definition) is 1. The molecule has 7 nitrogen and oxygen atoms in total. The number of carboxylic acid groups (broad SMARTS) is 1. The first-order valence-corrected chi connectivity index (χ1v) is 9.65. The molecule has 2 aromatic rings. The molecule has 7 heteroatoms. The molecule has 1 aromatic heterocycles. The number of nitrogens with zero attached hydrogens (tertiary/aromatic N) is 3. The van der Waals surface area contributed by atoms with E-state index in [-0.39, 0.29) is 18.6 Å². The summed E-state index contributed by atoms with van der Waals surface area (Å²) in [6.45, 7) is 5.51. The lowest BCUT2D eigenvalue weighted by Gasteiger charge is -2.37. The number of carboxylic acids is 1. The average molecular weight is 385 g/mol. The number of aliphatic carboxylic acids is 1. The number of carbonyl (C=O) groups is 2. The largest absolute Gasteiger partial charge is 0.480 e. The number of hydrogen-bond acceptors (Lipinski definition) is 6. The summed E-state index contributed by atoms with van der Waals surface area (Å²) in [7, 11) is 1.84. The molecule has 1 aliphatic heterocycles. The molecule has 1 saturated heterocycles. The maximum atomic E-state index is 12.7. The maximum absolute atomic E-state index is 12.7. The lowest BCUT2D eigenvalue weighted by molar-refractivity contribution is -0.138. The predicted octanol–water partition coefficient (Wildman–Crippen LogP) is 2.71. The van der Waals surface area contributed by atoms with Crippen molar-refractivity contribution in [2.24, 2.45) is 0 Å². The summed E-state index contributed by atoms with van der Waals surface area (Å²) in [5.74, 6) is -0.506. The molecule has 0 spiro atoms. The van der Waals surface area contributed by atoms with E-state index in [4.69, 9.17) is 14.8 Å². The Labute approximate surface area is 164 Å². The van der Waals surface area contributed by atoms with Crippen LogP contribution in [0.1, 0.15) is 35.7 Å². The van der Waals surface area contributed by atoms with Crippen molar-refractivity contribution < 1.29 is 19.4 Å². The zero-order valence-corrected chi connectivity index (χ0v) is 16.6. The van der Waals surface area contributed by atoms with E-state index in [1.807, 2.05) is 43.1 Å². The molecular formula is C21H27N3O4. The van der Waals surface area contributed by atoms with E-state index in [0.29, 0.717) is 31.1 Å². The highest BCUT2D eigenvalue weighted by atomic mass is 16.5. The summed E-state index contributed by atoms with van der Waals surface area (Å²) in [4.78, 5) is 32.5. The first-order valence-electron chi connectivity index (χ1n) is 9.65. The number of rotatable bonds is 6. The number of ether oxygens (including phenoxy) is 1. The van der Waals surface area contributed by atoms with Gasteiger partial charge in [0, 0.05) is 24.5 Å². The van der Waals surface area contributed by atoms with Crippen LogP contribution in [0.4, 0.5) is 5.82 Å². The van der Waals surface area contributed by atoms with Crippen molar-refractivity contribution in [1.29, 1.82) is 0 Å². The van der Waals surface area contributed by atoms with E-state index in [2.05, 4.69) is 4.90 Å². The number of carbonyl (C=O) groups excluding carboxylic acids is 1. The van der Waals surface area contributed by atoms with E-state index in [0.717, 1.165) is 29.3 Å². The lowest BCUT2D eigenvalue weighted by Crippen LogP contribution is -2.45. The number of likely N-dealkylation sites (N-methyl/N-ethyl adjacent to an activating group) is 1. The van der Waals surface area contributed by atoms with Crippen LogP contribution < -0.4 is 4.90 Å². The Morgan fingerprint density at radius 3 is 2.61 bits per heavy atom. The molecule has 0 amide bonds. The van der Waals surface area contributed by atoms with Gasteiger partial charge in [-0.1, -0.05) is 18.2 Å². The zero-order valence-electron chi connectivity index (χ0n) is 16.6.